The molecule has 1 N–H and O–H groups in total. The van der Waals surface area contributed by atoms with Gasteiger partial charge in [0.05, 0.1) is 12.7 Å². The molecule has 1 aliphatic heterocycles. The summed E-state index contributed by atoms with van der Waals surface area (Å²) in [6, 6.07) is 8.67. The van der Waals surface area contributed by atoms with E-state index in [-0.39, 0.29) is 6.10 Å². The standard InChI is InChI=1S/C16H25NO/c1-3-13(4-2)11-17-12-16-15-8-6-5-7-14(15)9-10-18-16/h5-8,13,16-17H,3-4,9-12H2,1-2H3. The van der Waals surface area contributed by atoms with Gasteiger partial charge in [0, 0.05) is 6.54 Å². The Labute approximate surface area is 111 Å². The predicted octanol–water partition coefficient (Wildman–Crippen LogP) is 3.33. The van der Waals surface area contributed by atoms with Crippen LogP contribution >= 0.6 is 0 Å². The highest BCUT2D eigenvalue weighted by Crippen LogP contribution is 2.26. The molecule has 0 saturated heterocycles. The van der Waals surface area contributed by atoms with E-state index >= 15 is 0 Å². The van der Waals surface area contributed by atoms with Crippen molar-refractivity contribution < 1.29 is 4.74 Å². The highest BCUT2D eigenvalue weighted by Gasteiger charge is 2.19. The molecular weight excluding hydrogens is 222 g/mol. The zero-order valence-electron chi connectivity index (χ0n) is 11.6. The van der Waals surface area contributed by atoms with Crippen LogP contribution in [-0.4, -0.2) is 19.7 Å². The molecule has 0 fully saturated rings. The highest BCUT2D eigenvalue weighted by molar-refractivity contribution is 5.31. The average molecular weight is 247 g/mol. The Morgan fingerprint density at radius 1 is 1.28 bits per heavy atom. The van der Waals surface area contributed by atoms with Crippen molar-refractivity contribution in [3.63, 3.8) is 0 Å². The van der Waals surface area contributed by atoms with E-state index in [9.17, 15) is 0 Å². The van der Waals surface area contributed by atoms with Crippen LogP contribution in [0.4, 0.5) is 0 Å². The topological polar surface area (TPSA) is 21.3 Å². The van der Waals surface area contributed by atoms with E-state index in [0.717, 1.165) is 32.0 Å². The number of nitrogens with one attached hydrogen (secondary N) is 1. The molecule has 0 radical (unpaired) electrons. The molecule has 2 rings (SSSR count). The van der Waals surface area contributed by atoms with Gasteiger partial charge in [-0.2, -0.15) is 0 Å². The fraction of sp³-hybridized carbons (Fsp3) is 0.625. The van der Waals surface area contributed by atoms with Crippen molar-refractivity contribution in [2.75, 3.05) is 19.7 Å². The van der Waals surface area contributed by atoms with Gasteiger partial charge >= 0.3 is 0 Å². The maximum atomic E-state index is 5.89. The van der Waals surface area contributed by atoms with Crippen LogP contribution in [0.25, 0.3) is 0 Å². The molecule has 0 saturated carbocycles. The largest absolute Gasteiger partial charge is 0.372 e. The molecule has 0 bridgehead atoms. The van der Waals surface area contributed by atoms with Crippen molar-refractivity contribution in [3.8, 4) is 0 Å². The average Bonchev–Trinajstić information content (AvgIpc) is 2.44. The van der Waals surface area contributed by atoms with Crippen LogP contribution in [0.15, 0.2) is 24.3 Å². The maximum Gasteiger partial charge on any atom is 0.0952 e. The Hall–Kier alpha value is -0.860. The summed E-state index contributed by atoms with van der Waals surface area (Å²) in [7, 11) is 0. The number of hydrogen-bond donors (Lipinski definition) is 1. The van der Waals surface area contributed by atoms with Gasteiger partial charge in [-0.1, -0.05) is 51.0 Å². The van der Waals surface area contributed by atoms with E-state index in [1.165, 1.54) is 24.0 Å². The molecule has 18 heavy (non-hydrogen) atoms. The Bertz CT molecular complexity index is 360. The Morgan fingerprint density at radius 3 is 2.83 bits per heavy atom. The van der Waals surface area contributed by atoms with Gasteiger partial charge in [0.2, 0.25) is 0 Å². The summed E-state index contributed by atoms with van der Waals surface area (Å²) in [5.74, 6) is 0.795. The Balaban J connectivity index is 1.87. The minimum Gasteiger partial charge on any atom is -0.372 e. The van der Waals surface area contributed by atoms with Crippen LogP contribution < -0.4 is 5.32 Å². The van der Waals surface area contributed by atoms with Crippen molar-refractivity contribution in [2.45, 2.75) is 39.2 Å². The van der Waals surface area contributed by atoms with E-state index in [0.29, 0.717) is 0 Å². The van der Waals surface area contributed by atoms with Gasteiger partial charge < -0.3 is 10.1 Å². The van der Waals surface area contributed by atoms with Crippen LogP contribution in [0.5, 0.6) is 0 Å². The number of fused-ring (bicyclic) bond motifs is 1. The first-order chi connectivity index (χ1) is 8.85. The number of ether oxygens (including phenoxy) is 1. The normalized spacial score (nSPS) is 18.9. The molecule has 1 aromatic rings. The third-order valence-corrected chi connectivity index (χ3v) is 4.01. The van der Waals surface area contributed by atoms with E-state index in [1.807, 2.05) is 0 Å². The van der Waals surface area contributed by atoms with Crippen molar-refractivity contribution in [2.24, 2.45) is 5.92 Å². The van der Waals surface area contributed by atoms with E-state index in [2.05, 4.69) is 43.4 Å². The third kappa shape index (κ3) is 3.33. The monoisotopic (exact) mass is 247 g/mol. The summed E-state index contributed by atoms with van der Waals surface area (Å²) in [5, 5.41) is 3.57. The molecule has 0 aliphatic carbocycles. The summed E-state index contributed by atoms with van der Waals surface area (Å²) in [5.41, 5.74) is 2.83. The summed E-state index contributed by atoms with van der Waals surface area (Å²) in [4.78, 5) is 0. The van der Waals surface area contributed by atoms with Crippen LogP contribution in [-0.2, 0) is 11.2 Å². The van der Waals surface area contributed by atoms with Gasteiger partial charge in [-0.25, -0.2) is 0 Å². The van der Waals surface area contributed by atoms with Gasteiger partial charge in [0.1, 0.15) is 0 Å². The summed E-state index contributed by atoms with van der Waals surface area (Å²) < 4.78 is 5.89. The Morgan fingerprint density at radius 2 is 2.06 bits per heavy atom. The van der Waals surface area contributed by atoms with Gasteiger partial charge in [0.25, 0.3) is 0 Å². The number of rotatable bonds is 6. The fourth-order valence-corrected chi connectivity index (χ4v) is 2.64. The van der Waals surface area contributed by atoms with E-state index in [4.69, 9.17) is 4.74 Å². The molecule has 1 unspecified atom stereocenters. The van der Waals surface area contributed by atoms with Crippen molar-refractivity contribution in [1.82, 2.24) is 5.32 Å². The van der Waals surface area contributed by atoms with Crippen LogP contribution in [0, 0.1) is 5.92 Å². The van der Waals surface area contributed by atoms with Crippen LogP contribution in [0.1, 0.15) is 43.9 Å². The maximum absolute atomic E-state index is 5.89. The minimum atomic E-state index is 0.240. The van der Waals surface area contributed by atoms with Crippen LogP contribution in [0.2, 0.25) is 0 Å². The lowest BCUT2D eigenvalue weighted by molar-refractivity contribution is 0.0419. The first kappa shape index (κ1) is 13.6. The molecule has 100 valence electrons. The molecule has 0 amide bonds. The van der Waals surface area contributed by atoms with Crippen molar-refractivity contribution in [1.29, 1.82) is 0 Å². The molecule has 0 spiro atoms. The molecule has 2 nitrogen and oxygen atoms in total. The second-order valence-electron chi connectivity index (χ2n) is 5.15. The molecule has 1 heterocycles. The van der Waals surface area contributed by atoms with Gasteiger partial charge in [0.15, 0.2) is 0 Å². The smallest absolute Gasteiger partial charge is 0.0952 e. The summed E-state index contributed by atoms with van der Waals surface area (Å²) in [6.07, 6.45) is 3.81. The predicted molar refractivity (Wildman–Crippen MR) is 75.8 cm³/mol. The number of benzene rings is 1. The molecule has 1 atom stereocenters. The quantitative estimate of drug-likeness (QED) is 0.832. The van der Waals surface area contributed by atoms with E-state index in [1.54, 1.807) is 0 Å². The first-order valence-electron chi connectivity index (χ1n) is 7.25. The molecule has 1 aromatic carbocycles. The lowest BCUT2D eigenvalue weighted by Gasteiger charge is -2.27. The Kier molecular flexibility index (Phi) is 5.21. The van der Waals surface area contributed by atoms with Crippen LogP contribution in [0.3, 0.4) is 0 Å². The first-order valence-corrected chi connectivity index (χ1v) is 7.25. The van der Waals surface area contributed by atoms with Gasteiger partial charge in [-0.15, -0.1) is 0 Å². The highest BCUT2D eigenvalue weighted by atomic mass is 16.5. The SMILES string of the molecule is CCC(CC)CNCC1OCCc2ccccc21. The fourth-order valence-electron chi connectivity index (χ4n) is 2.64. The minimum absolute atomic E-state index is 0.240. The zero-order chi connectivity index (χ0) is 12.8. The summed E-state index contributed by atoms with van der Waals surface area (Å²) >= 11 is 0. The number of hydrogen-bond acceptors (Lipinski definition) is 2. The second-order valence-corrected chi connectivity index (χ2v) is 5.15. The van der Waals surface area contributed by atoms with Gasteiger partial charge in [-0.05, 0) is 30.0 Å². The molecule has 1 aliphatic rings. The zero-order valence-corrected chi connectivity index (χ0v) is 11.6. The summed E-state index contributed by atoms with van der Waals surface area (Å²) in [6.45, 7) is 7.43. The second kappa shape index (κ2) is 6.91. The van der Waals surface area contributed by atoms with Crippen molar-refractivity contribution >= 4 is 0 Å². The lowest BCUT2D eigenvalue weighted by Crippen LogP contribution is -2.30. The van der Waals surface area contributed by atoms with Gasteiger partial charge in [-0.3, -0.25) is 0 Å². The molecule has 0 aromatic heterocycles. The van der Waals surface area contributed by atoms with E-state index < -0.39 is 0 Å². The molecular formula is C16H25NO. The lowest BCUT2D eigenvalue weighted by atomic mass is 9.97. The molecule has 2 heteroatoms. The van der Waals surface area contributed by atoms with Crippen molar-refractivity contribution in [3.05, 3.63) is 35.4 Å². The third-order valence-electron chi connectivity index (χ3n) is 4.01.